The van der Waals surface area contributed by atoms with Crippen LogP contribution in [0, 0.1) is 6.61 Å². The minimum Gasteiger partial charge on any atom is -0.375 e. The van der Waals surface area contributed by atoms with Gasteiger partial charge in [-0.05, 0) is 0 Å². The molecule has 0 saturated heterocycles. The van der Waals surface area contributed by atoms with Crippen molar-refractivity contribution in [3.05, 3.63) is 6.61 Å². The van der Waals surface area contributed by atoms with Gasteiger partial charge in [-0.3, -0.25) is 0 Å². The zero-order valence-corrected chi connectivity index (χ0v) is 5.94. The predicted molar refractivity (Wildman–Crippen MR) is 31.0 cm³/mol. The highest BCUT2D eigenvalue weighted by Gasteiger charge is 1.97. The van der Waals surface area contributed by atoms with Gasteiger partial charge in [-0.1, -0.05) is 15.9 Å². The van der Waals surface area contributed by atoms with Crippen molar-refractivity contribution in [2.75, 3.05) is 14.2 Å². The Bertz CT molecular complexity index is 40.7. The second-order valence-electron chi connectivity index (χ2n) is 0.959. The van der Waals surface area contributed by atoms with Gasteiger partial charge in [0.25, 0.3) is 0 Å². The van der Waals surface area contributed by atoms with Gasteiger partial charge in [0, 0.05) is 14.2 Å². The number of hydrogen-bond donors (Lipinski definition) is 0. The van der Waals surface area contributed by atoms with E-state index in [1.54, 1.807) is 20.8 Å². The highest BCUT2D eigenvalue weighted by atomic mass is 79.9. The summed E-state index contributed by atoms with van der Waals surface area (Å²) in [5.41, 5.74) is 0. The zero-order valence-electron chi connectivity index (χ0n) is 4.35. The SMILES string of the molecule is CO[CH]C(Br)OC. The first-order chi connectivity index (χ1) is 3.31. The molecule has 0 rings (SSSR count). The fourth-order valence-electron chi connectivity index (χ4n) is 0.163. The van der Waals surface area contributed by atoms with E-state index in [0.29, 0.717) is 0 Å². The minimum absolute atomic E-state index is 0.0856. The third-order valence-electron chi connectivity index (χ3n) is 0.468. The van der Waals surface area contributed by atoms with Gasteiger partial charge in [0.15, 0.2) is 0 Å². The van der Waals surface area contributed by atoms with Gasteiger partial charge in [0.05, 0.1) is 0 Å². The topological polar surface area (TPSA) is 18.5 Å². The lowest BCUT2D eigenvalue weighted by Gasteiger charge is -2.02. The van der Waals surface area contributed by atoms with Crippen molar-refractivity contribution in [3.8, 4) is 0 Å². The highest BCUT2D eigenvalue weighted by Crippen LogP contribution is 2.02. The maximum Gasteiger partial charge on any atom is 0.140 e. The first-order valence-electron chi connectivity index (χ1n) is 1.84. The van der Waals surface area contributed by atoms with E-state index in [9.17, 15) is 0 Å². The molecule has 0 spiro atoms. The maximum atomic E-state index is 4.73. The predicted octanol–water partition coefficient (Wildman–Crippen LogP) is 1.16. The fourth-order valence-corrected chi connectivity index (χ4v) is 0.378. The molecule has 0 fully saturated rings. The van der Waals surface area contributed by atoms with Crippen LogP contribution in [-0.4, -0.2) is 19.2 Å². The molecule has 0 aromatic carbocycles. The van der Waals surface area contributed by atoms with Crippen LogP contribution >= 0.6 is 15.9 Å². The summed E-state index contributed by atoms with van der Waals surface area (Å²) in [6.07, 6.45) is 0. The van der Waals surface area contributed by atoms with Crippen LogP contribution < -0.4 is 0 Å². The lowest BCUT2D eigenvalue weighted by atomic mass is 10.8. The first-order valence-corrected chi connectivity index (χ1v) is 2.76. The Morgan fingerprint density at radius 1 is 1.57 bits per heavy atom. The van der Waals surface area contributed by atoms with E-state index in [2.05, 4.69) is 20.7 Å². The molecule has 0 saturated carbocycles. The molecular formula is C4H8BrO2. The first kappa shape index (κ1) is 7.40. The van der Waals surface area contributed by atoms with Crippen LogP contribution in [0.3, 0.4) is 0 Å². The average Bonchev–Trinajstić information content (AvgIpc) is 1.68. The van der Waals surface area contributed by atoms with Crippen LogP contribution in [0.4, 0.5) is 0 Å². The van der Waals surface area contributed by atoms with Crippen LogP contribution in [0.25, 0.3) is 0 Å². The number of alkyl halides is 1. The molecule has 0 aliphatic carbocycles. The summed E-state index contributed by atoms with van der Waals surface area (Å²) >= 11 is 3.13. The van der Waals surface area contributed by atoms with Gasteiger partial charge in [0.1, 0.15) is 11.6 Å². The maximum absolute atomic E-state index is 4.73. The van der Waals surface area contributed by atoms with Gasteiger partial charge >= 0.3 is 0 Å². The summed E-state index contributed by atoms with van der Waals surface area (Å²) in [7, 11) is 3.17. The number of rotatable bonds is 3. The van der Waals surface area contributed by atoms with E-state index in [4.69, 9.17) is 4.74 Å². The summed E-state index contributed by atoms with van der Waals surface area (Å²) in [6, 6.07) is 0. The summed E-state index contributed by atoms with van der Waals surface area (Å²) in [6.45, 7) is 1.54. The molecule has 0 heterocycles. The molecule has 0 amide bonds. The van der Waals surface area contributed by atoms with Crippen molar-refractivity contribution in [2.24, 2.45) is 0 Å². The normalized spacial score (nSPS) is 14.1. The van der Waals surface area contributed by atoms with Crippen LogP contribution in [-0.2, 0) is 9.47 Å². The molecule has 43 valence electrons. The zero-order chi connectivity index (χ0) is 5.70. The van der Waals surface area contributed by atoms with Crippen molar-refractivity contribution in [2.45, 2.75) is 5.01 Å². The molecule has 7 heavy (non-hydrogen) atoms. The summed E-state index contributed by atoms with van der Waals surface area (Å²) in [5.74, 6) is 0. The molecule has 0 N–H and O–H groups in total. The monoisotopic (exact) mass is 167 g/mol. The molecular weight excluding hydrogens is 160 g/mol. The Kier molecular flexibility index (Phi) is 4.82. The average molecular weight is 168 g/mol. The van der Waals surface area contributed by atoms with Gasteiger partial charge in [-0.2, -0.15) is 0 Å². The molecule has 1 atom stereocenters. The highest BCUT2D eigenvalue weighted by molar-refractivity contribution is 9.09. The third kappa shape index (κ3) is 4.25. The molecule has 0 bridgehead atoms. The second-order valence-corrected chi connectivity index (χ2v) is 1.86. The van der Waals surface area contributed by atoms with E-state index in [1.807, 2.05) is 0 Å². The molecule has 3 heteroatoms. The van der Waals surface area contributed by atoms with Crippen molar-refractivity contribution >= 4 is 15.9 Å². The van der Waals surface area contributed by atoms with E-state index in [1.165, 1.54) is 0 Å². The molecule has 1 radical (unpaired) electrons. The van der Waals surface area contributed by atoms with Gasteiger partial charge in [-0.15, -0.1) is 0 Å². The minimum atomic E-state index is -0.0856. The smallest absolute Gasteiger partial charge is 0.140 e. The number of halogens is 1. The largest absolute Gasteiger partial charge is 0.375 e. The standard InChI is InChI=1S/C4H8BrO2/c1-6-3-4(5)7-2/h3-4H,1-2H3. The Morgan fingerprint density at radius 3 is 2.29 bits per heavy atom. The summed E-state index contributed by atoms with van der Waals surface area (Å²) < 4.78 is 9.32. The Morgan fingerprint density at radius 2 is 2.14 bits per heavy atom. The molecule has 0 aliphatic rings. The van der Waals surface area contributed by atoms with E-state index in [-0.39, 0.29) is 5.01 Å². The molecule has 0 aromatic rings. The summed E-state index contributed by atoms with van der Waals surface area (Å²) in [5, 5.41) is -0.0856. The number of ether oxygens (including phenoxy) is 2. The molecule has 0 aliphatic heterocycles. The van der Waals surface area contributed by atoms with E-state index in [0.717, 1.165) is 0 Å². The van der Waals surface area contributed by atoms with Crippen molar-refractivity contribution in [1.82, 2.24) is 0 Å². The van der Waals surface area contributed by atoms with Gasteiger partial charge < -0.3 is 9.47 Å². The second kappa shape index (κ2) is 4.56. The lowest BCUT2D eigenvalue weighted by Crippen LogP contribution is -2.01. The summed E-state index contributed by atoms with van der Waals surface area (Å²) in [4.78, 5) is 0. The van der Waals surface area contributed by atoms with Crippen LogP contribution in [0.15, 0.2) is 0 Å². The van der Waals surface area contributed by atoms with E-state index < -0.39 is 0 Å². The Hall–Kier alpha value is 0.400. The fraction of sp³-hybridized carbons (Fsp3) is 0.750. The van der Waals surface area contributed by atoms with Crippen LogP contribution in [0.2, 0.25) is 0 Å². The molecule has 2 nitrogen and oxygen atoms in total. The lowest BCUT2D eigenvalue weighted by molar-refractivity contribution is 0.133. The van der Waals surface area contributed by atoms with Gasteiger partial charge in [-0.25, -0.2) is 0 Å². The number of methoxy groups -OCH3 is 2. The Labute approximate surface area is 51.9 Å². The van der Waals surface area contributed by atoms with Crippen molar-refractivity contribution in [1.29, 1.82) is 0 Å². The van der Waals surface area contributed by atoms with Crippen LogP contribution in [0.1, 0.15) is 0 Å². The van der Waals surface area contributed by atoms with Crippen LogP contribution in [0.5, 0.6) is 0 Å². The molecule has 1 unspecified atom stereocenters. The third-order valence-corrected chi connectivity index (χ3v) is 1.06. The van der Waals surface area contributed by atoms with Crippen molar-refractivity contribution in [3.63, 3.8) is 0 Å². The van der Waals surface area contributed by atoms with E-state index >= 15 is 0 Å². The number of hydrogen-bond acceptors (Lipinski definition) is 2. The van der Waals surface area contributed by atoms with Gasteiger partial charge in [0.2, 0.25) is 0 Å². The molecule has 0 aromatic heterocycles. The quantitative estimate of drug-likeness (QED) is 0.588. The Balaban J connectivity index is 2.83. The van der Waals surface area contributed by atoms with Crippen molar-refractivity contribution < 1.29 is 9.47 Å².